The minimum absolute atomic E-state index is 0.313. The van der Waals surface area contributed by atoms with E-state index < -0.39 is 11.6 Å². The van der Waals surface area contributed by atoms with Gasteiger partial charge in [0, 0.05) is 18.8 Å². The van der Waals surface area contributed by atoms with Gasteiger partial charge in [0.25, 0.3) is 5.91 Å². The minimum Gasteiger partial charge on any atom is -0.455 e. The molecule has 0 radical (unpaired) electrons. The van der Waals surface area contributed by atoms with Gasteiger partial charge >= 0.3 is 12.1 Å². The lowest BCUT2D eigenvalue weighted by molar-refractivity contribution is -0.153. The summed E-state index contributed by atoms with van der Waals surface area (Å²) in [5.74, 6) is -1.05. The lowest BCUT2D eigenvalue weighted by Gasteiger charge is -2.32. The number of carbonyl (C=O) groups excluding carboxylic acids is 3. The number of benzene rings is 1. The number of nitrogens with zero attached hydrogens (tertiary/aromatic N) is 1. The zero-order valence-corrected chi connectivity index (χ0v) is 18.7. The number of aryl methyl sites for hydroxylation is 2. The number of hydrogen-bond donors (Lipinski definition) is 1. The molecule has 166 valence electrons. The van der Waals surface area contributed by atoms with Gasteiger partial charge in [0.1, 0.15) is 5.60 Å². The first kappa shape index (κ1) is 23.7. The van der Waals surface area contributed by atoms with Crippen LogP contribution in [0.5, 0.6) is 0 Å². The molecular formula is C23H34N2O5. The second kappa shape index (κ2) is 10.5. The smallest absolute Gasteiger partial charge is 0.410 e. The molecule has 1 saturated heterocycles. The molecule has 1 aromatic carbocycles. The summed E-state index contributed by atoms with van der Waals surface area (Å²) < 4.78 is 10.6. The number of piperidine rings is 1. The number of ether oxygens (including phenoxy) is 2. The normalized spacial score (nSPS) is 14.9. The van der Waals surface area contributed by atoms with Crippen molar-refractivity contribution in [2.24, 2.45) is 5.92 Å². The highest BCUT2D eigenvalue weighted by Gasteiger charge is 2.31. The van der Waals surface area contributed by atoms with Crippen LogP contribution in [-0.2, 0) is 31.9 Å². The Bertz CT molecular complexity index is 739. The van der Waals surface area contributed by atoms with E-state index in [1.54, 1.807) is 4.90 Å². The minimum atomic E-state index is -0.547. The maximum Gasteiger partial charge on any atom is 0.410 e. The van der Waals surface area contributed by atoms with Crippen LogP contribution in [-0.4, -0.2) is 48.2 Å². The van der Waals surface area contributed by atoms with E-state index in [4.69, 9.17) is 9.47 Å². The van der Waals surface area contributed by atoms with Crippen molar-refractivity contribution in [3.8, 4) is 0 Å². The molecule has 2 rings (SSSR count). The van der Waals surface area contributed by atoms with Crippen molar-refractivity contribution in [1.82, 2.24) is 4.90 Å². The van der Waals surface area contributed by atoms with Crippen molar-refractivity contribution in [2.75, 3.05) is 25.0 Å². The molecule has 7 heteroatoms. The Balaban J connectivity index is 1.82. The number of para-hydroxylation sites is 1. The summed E-state index contributed by atoms with van der Waals surface area (Å²) in [6.45, 7) is 10.1. The standard InChI is InChI=1S/C23H34N2O5/c1-6-16-9-8-10-17(7-2)20(16)24-19(26)15-29-21(27)18-11-13-25(14-12-18)22(28)30-23(3,4)5/h8-10,18H,6-7,11-15H2,1-5H3,(H,24,26). The first-order chi connectivity index (χ1) is 14.1. The van der Waals surface area contributed by atoms with Gasteiger partial charge in [0.05, 0.1) is 5.92 Å². The molecule has 1 N–H and O–H groups in total. The lowest BCUT2D eigenvalue weighted by atomic mass is 9.97. The Morgan fingerprint density at radius 3 is 2.13 bits per heavy atom. The van der Waals surface area contributed by atoms with Crippen LogP contribution in [0.2, 0.25) is 0 Å². The average molecular weight is 419 g/mol. The molecule has 1 heterocycles. The number of esters is 1. The third-order valence-corrected chi connectivity index (χ3v) is 5.09. The molecule has 1 aliphatic heterocycles. The second-order valence-electron chi connectivity index (χ2n) is 8.56. The molecule has 7 nitrogen and oxygen atoms in total. The summed E-state index contributed by atoms with van der Waals surface area (Å²) in [7, 11) is 0. The van der Waals surface area contributed by atoms with Gasteiger partial charge < -0.3 is 19.7 Å². The largest absolute Gasteiger partial charge is 0.455 e. The van der Waals surface area contributed by atoms with E-state index in [1.807, 2.05) is 52.8 Å². The number of likely N-dealkylation sites (tertiary alicyclic amines) is 1. The number of carbonyl (C=O) groups is 3. The molecule has 1 aromatic rings. The van der Waals surface area contributed by atoms with Crippen molar-refractivity contribution >= 4 is 23.7 Å². The highest BCUT2D eigenvalue weighted by molar-refractivity contribution is 5.94. The lowest BCUT2D eigenvalue weighted by Crippen LogP contribution is -2.43. The van der Waals surface area contributed by atoms with Crippen LogP contribution in [0.15, 0.2) is 18.2 Å². The molecule has 0 bridgehead atoms. The average Bonchev–Trinajstić information content (AvgIpc) is 2.71. The fourth-order valence-corrected chi connectivity index (χ4v) is 3.46. The molecule has 30 heavy (non-hydrogen) atoms. The zero-order chi connectivity index (χ0) is 22.3. The molecular weight excluding hydrogens is 384 g/mol. The third kappa shape index (κ3) is 6.75. The Morgan fingerprint density at radius 1 is 1.07 bits per heavy atom. The van der Waals surface area contributed by atoms with E-state index in [9.17, 15) is 14.4 Å². The first-order valence-corrected chi connectivity index (χ1v) is 10.7. The molecule has 0 saturated carbocycles. The van der Waals surface area contributed by atoms with Crippen LogP contribution in [0, 0.1) is 5.92 Å². The quantitative estimate of drug-likeness (QED) is 0.708. The molecule has 1 fully saturated rings. The molecule has 0 unspecified atom stereocenters. The number of amides is 2. The van der Waals surface area contributed by atoms with Gasteiger partial charge in [0.2, 0.25) is 0 Å². The summed E-state index contributed by atoms with van der Waals surface area (Å²) in [6, 6.07) is 5.95. The summed E-state index contributed by atoms with van der Waals surface area (Å²) in [5, 5.41) is 2.90. The zero-order valence-electron chi connectivity index (χ0n) is 18.7. The van der Waals surface area contributed by atoms with Crippen LogP contribution in [0.3, 0.4) is 0 Å². The van der Waals surface area contributed by atoms with Gasteiger partial charge in [0.15, 0.2) is 6.61 Å². The number of hydrogen-bond acceptors (Lipinski definition) is 5. The molecule has 2 amide bonds. The molecule has 0 aromatic heterocycles. The fourth-order valence-electron chi connectivity index (χ4n) is 3.46. The molecule has 0 spiro atoms. The van der Waals surface area contributed by atoms with E-state index in [0.29, 0.717) is 25.9 Å². The van der Waals surface area contributed by atoms with Crippen LogP contribution in [0.4, 0.5) is 10.5 Å². The van der Waals surface area contributed by atoms with E-state index in [1.165, 1.54) is 0 Å². The number of rotatable bonds is 6. The second-order valence-corrected chi connectivity index (χ2v) is 8.56. The Hall–Kier alpha value is -2.57. The predicted octanol–water partition coefficient (Wildman–Crippen LogP) is 3.94. The maximum atomic E-state index is 12.4. The topological polar surface area (TPSA) is 84.9 Å². The molecule has 0 atom stereocenters. The van der Waals surface area contributed by atoms with Gasteiger partial charge in [-0.1, -0.05) is 32.0 Å². The Morgan fingerprint density at radius 2 is 1.63 bits per heavy atom. The van der Waals surface area contributed by atoms with Crippen LogP contribution in [0.1, 0.15) is 58.6 Å². The monoisotopic (exact) mass is 418 g/mol. The van der Waals surface area contributed by atoms with Gasteiger partial charge in [-0.3, -0.25) is 9.59 Å². The van der Waals surface area contributed by atoms with Crippen LogP contribution in [0.25, 0.3) is 0 Å². The molecule has 1 aliphatic rings. The van der Waals surface area contributed by atoms with Gasteiger partial charge in [-0.2, -0.15) is 0 Å². The SMILES string of the molecule is CCc1cccc(CC)c1NC(=O)COC(=O)C1CCN(C(=O)OC(C)(C)C)CC1. The predicted molar refractivity (Wildman–Crippen MR) is 115 cm³/mol. The first-order valence-electron chi connectivity index (χ1n) is 10.7. The third-order valence-electron chi connectivity index (χ3n) is 5.09. The van der Waals surface area contributed by atoms with Crippen LogP contribution < -0.4 is 5.32 Å². The van der Waals surface area contributed by atoms with E-state index in [2.05, 4.69) is 5.32 Å². The Kier molecular flexibility index (Phi) is 8.26. The van der Waals surface area contributed by atoms with Gasteiger partial charge in [-0.05, 0) is 57.6 Å². The Labute approximate surface area is 179 Å². The van der Waals surface area contributed by atoms with Gasteiger partial charge in [-0.15, -0.1) is 0 Å². The number of nitrogens with one attached hydrogen (secondary N) is 1. The highest BCUT2D eigenvalue weighted by Crippen LogP contribution is 2.23. The summed E-state index contributed by atoms with van der Waals surface area (Å²) in [4.78, 5) is 38.4. The van der Waals surface area contributed by atoms with Crippen molar-refractivity contribution in [3.05, 3.63) is 29.3 Å². The van der Waals surface area contributed by atoms with E-state index in [-0.39, 0.29) is 24.5 Å². The van der Waals surface area contributed by atoms with E-state index >= 15 is 0 Å². The van der Waals surface area contributed by atoms with Crippen molar-refractivity contribution in [3.63, 3.8) is 0 Å². The molecule has 0 aliphatic carbocycles. The summed E-state index contributed by atoms with van der Waals surface area (Å²) in [6.07, 6.45) is 2.24. The van der Waals surface area contributed by atoms with Gasteiger partial charge in [-0.25, -0.2) is 4.79 Å². The van der Waals surface area contributed by atoms with Crippen molar-refractivity contribution in [1.29, 1.82) is 0 Å². The van der Waals surface area contributed by atoms with Crippen molar-refractivity contribution in [2.45, 2.75) is 65.9 Å². The van der Waals surface area contributed by atoms with Crippen molar-refractivity contribution < 1.29 is 23.9 Å². The highest BCUT2D eigenvalue weighted by atomic mass is 16.6. The van der Waals surface area contributed by atoms with E-state index in [0.717, 1.165) is 29.7 Å². The fraction of sp³-hybridized carbons (Fsp3) is 0.609. The summed E-state index contributed by atoms with van der Waals surface area (Å²) >= 11 is 0. The summed E-state index contributed by atoms with van der Waals surface area (Å²) in [5.41, 5.74) is 2.38. The van der Waals surface area contributed by atoms with Crippen LogP contribution >= 0.6 is 0 Å². The number of anilines is 1. The maximum absolute atomic E-state index is 12.4.